The van der Waals surface area contributed by atoms with E-state index >= 15 is 0 Å². The van der Waals surface area contributed by atoms with Crippen molar-refractivity contribution >= 4 is 23.1 Å². The lowest BCUT2D eigenvalue weighted by Crippen LogP contribution is -2.36. The van der Waals surface area contributed by atoms with Gasteiger partial charge in [-0.3, -0.25) is 4.79 Å². The highest BCUT2D eigenvalue weighted by Crippen LogP contribution is 2.14. The summed E-state index contributed by atoms with van der Waals surface area (Å²) in [5, 5.41) is 12.2. The number of oxime groups is 1. The predicted molar refractivity (Wildman–Crippen MR) is 72.7 cm³/mol. The van der Waals surface area contributed by atoms with Crippen LogP contribution < -0.4 is 5.73 Å². The molecule has 7 nitrogen and oxygen atoms in total. The van der Waals surface area contributed by atoms with Crippen molar-refractivity contribution in [1.29, 1.82) is 0 Å². The lowest BCUT2D eigenvalue weighted by atomic mass is 10.3. The predicted octanol–water partition coefficient (Wildman–Crippen LogP) is 0.677. The molecule has 0 atom stereocenters. The largest absolute Gasteiger partial charge is 0.409 e. The van der Waals surface area contributed by atoms with Gasteiger partial charge in [0.25, 0.3) is 5.91 Å². The van der Waals surface area contributed by atoms with Gasteiger partial charge in [-0.15, -0.1) is 11.3 Å². The summed E-state index contributed by atoms with van der Waals surface area (Å²) >= 11 is 1.34. The molecule has 0 aromatic carbocycles. The molecular formula is C11H18N4O3S. The van der Waals surface area contributed by atoms with Gasteiger partial charge in [-0.1, -0.05) is 5.16 Å². The topological polar surface area (TPSA) is 101 Å². The molecule has 0 saturated heterocycles. The zero-order valence-corrected chi connectivity index (χ0v) is 11.8. The fraction of sp³-hybridized carbons (Fsp3) is 0.545. The quantitative estimate of drug-likeness (QED) is 0.332. The van der Waals surface area contributed by atoms with Crippen LogP contribution in [0.5, 0.6) is 0 Å². The van der Waals surface area contributed by atoms with Crippen molar-refractivity contribution in [3.8, 4) is 0 Å². The van der Waals surface area contributed by atoms with Crippen LogP contribution in [0.3, 0.4) is 0 Å². The summed E-state index contributed by atoms with van der Waals surface area (Å²) in [7, 11) is 1.57. The van der Waals surface area contributed by atoms with Gasteiger partial charge in [-0.2, -0.15) is 0 Å². The fourth-order valence-electron chi connectivity index (χ4n) is 1.43. The molecule has 0 aliphatic heterocycles. The molecular weight excluding hydrogens is 268 g/mol. The first-order valence-electron chi connectivity index (χ1n) is 5.75. The Kier molecular flexibility index (Phi) is 6.23. The van der Waals surface area contributed by atoms with E-state index in [1.807, 2.05) is 6.92 Å². The van der Waals surface area contributed by atoms with E-state index in [4.69, 9.17) is 15.7 Å². The summed E-state index contributed by atoms with van der Waals surface area (Å²) in [5.41, 5.74) is 5.41. The molecule has 19 heavy (non-hydrogen) atoms. The number of amides is 1. The first kappa shape index (κ1) is 15.4. The van der Waals surface area contributed by atoms with Crippen LogP contribution in [-0.2, 0) is 4.74 Å². The molecule has 0 aliphatic rings. The number of aromatic nitrogens is 1. The molecule has 106 valence electrons. The van der Waals surface area contributed by atoms with Crippen molar-refractivity contribution in [2.75, 3.05) is 26.8 Å². The molecule has 3 N–H and O–H groups in total. The Morgan fingerprint density at radius 2 is 2.37 bits per heavy atom. The third-order valence-electron chi connectivity index (χ3n) is 2.45. The van der Waals surface area contributed by atoms with Crippen LogP contribution in [0, 0.1) is 6.92 Å². The first-order valence-corrected chi connectivity index (χ1v) is 6.57. The molecule has 1 aromatic rings. The van der Waals surface area contributed by atoms with Crippen LogP contribution in [0.4, 0.5) is 0 Å². The van der Waals surface area contributed by atoms with Crippen LogP contribution in [0.15, 0.2) is 11.4 Å². The molecule has 0 spiro atoms. The highest BCUT2D eigenvalue weighted by Gasteiger charge is 2.18. The van der Waals surface area contributed by atoms with E-state index in [0.29, 0.717) is 31.0 Å². The standard InChI is InChI=1S/C11H18N4O3S/c1-8-13-7-9(19-8)11(16)15(5-6-18-2)4-3-10(12)14-17/h7,17H,3-6H2,1-2H3,(H2,12,14). The van der Waals surface area contributed by atoms with E-state index in [1.54, 1.807) is 18.2 Å². The molecule has 0 unspecified atom stereocenters. The number of carbonyl (C=O) groups is 1. The van der Waals surface area contributed by atoms with Crippen LogP contribution in [0.1, 0.15) is 21.1 Å². The third kappa shape index (κ3) is 4.84. The van der Waals surface area contributed by atoms with Crippen molar-refractivity contribution in [3.63, 3.8) is 0 Å². The van der Waals surface area contributed by atoms with E-state index in [9.17, 15) is 4.79 Å². The van der Waals surface area contributed by atoms with E-state index < -0.39 is 0 Å². The lowest BCUT2D eigenvalue weighted by Gasteiger charge is -2.21. The highest BCUT2D eigenvalue weighted by molar-refractivity contribution is 7.13. The molecule has 1 amide bonds. The zero-order chi connectivity index (χ0) is 14.3. The maximum absolute atomic E-state index is 12.3. The Labute approximate surface area is 115 Å². The number of hydrogen-bond acceptors (Lipinski definition) is 6. The molecule has 1 heterocycles. The molecule has 1 rings (SSSR count). The van der Waals surface area contributed by atoms with E-state index in [1.165, 1.54) is 11.3 Å². The van der Waals surface area contributed by atoms with Crippen LogP contribution in [0.25, 0.3) is 0 Å². The average molecular weight is 286 g/mol. The van der Waals surface area contributed by atoms with Crippen molar-refractivity contribution < 1.29 is 14.7 Å². The maximum atomic E-state index is 12.3. The van der Waals surface area contributed by atoms with Gasteiger partial charge < -0.3 is 20.6 Å². The van der Waals surface area contributed by atoms with Crippen LogP contribution in [0.2, 0.25) is 0 Å². The number of hydrogen-bond donors (Lipinski definition) is 2. The van der Waals surface area contributed by atoms with Gasteiger partial charge in [0.2, 0.25) is 0 Å². The minimum absolute atomic E-state index is 0.0932. The fourth-order valence-corrected chi connectivity index (χ4v) is 2.18. The minimum Gasteiger partial charge on any atom is -0.409 e. The third-order valence-corrected chi connectivity index (χ3v) is 3.35. The molecule has 0 radical (unpaired) electrons. The van der Waals surface area contributed by atoms with Gasteiger partial charge in [0, 0.05) is 26.6 Å². The van der Waals surface area contributed by atoms with Gasteiger partial charge >= 0.3 is 0 Å². The number of carbonyl (C=O) groups excluding carboxylic acids is 1. The summed E-state index contributed by atoms with van der Waals surface area (Å²) in [6, 6.07) is 0. The monoisotopic (exact) mass is 286 g/mol. The van der Waals surface area contributed by atoms with Gasteiger partial charge in [0.15, 0.2) is 0 Å². The number of ether oxygens (including phenoxy) is 1. The summed E-state index contributed by atoms with van der Waals surface area (Å²) in [6.45, 7) is 3.09. The average Bonchev–Trinajstić information content (AvgIpc) is 2.84. The summed E-state index contributed by atoms with van der Waals surface area (Å²) in [6.07, 6.45) is 1.87. The van der Waals surface area contributed by atoms with Gasteiger partial charge in [-0.05, 0) is 6.92 Å². The number of rotatable bonds is 7. The Morgan fingerprint density at radius 3 is 2.89 bits per heavy atom. The maximum Gasteiger partial charge on any atom is 0.265 e. The second-order valence-electron chi connectivity index (χ2n) is 3.87. The number of thiazole rings is 1. The summed E-state index contributed by atoms with van der Waals surface area (Å²) in [5.74, 6) is -0.0240. The van der Waals surface area contributed by atoms with E-state index in [2.05, 4.69) is 10.1 Å². The normalized spacial score (nSPS) is 11.6. The first-order chi connectivity index (χ1) is 9.08. The molecule has 0 bridgehead atoms. The van der Waals surface area contributed by atoms with Gasteiger partial charge in [0.1, 0.15) is 10.7 Å². The molecule has 8 heteroatoms. The number of aryl methyl sites for hydroxylation is 1. The van der Waals surface area contributed by atoms with Crippen molar-refractivity contribution in [1.82, 2.24) is 9.88 Å². The number of nitrogens with zero attached hydrogens (tertiary/aromatic N) is 3. The Bertz CT molecular complexity index is 447. The second kappa shape index (κ2) is 7.70. The molecule has 1 aromatic heterocycles. The van der Waals surface area contributed by atoms with Crippen LogP contribution >= 0.6 is 11.3 Å². The zero-order valence-electron chi connectivity index (χ0n) is 11.0. The number of nitrogens with two attached hydrogens (primary N) is 1. The van der Waals surface area contributed by atoms with Gasteiger partial charge in [0.05, 0.1) is 17.8 Å². The smallest absolute Gasteiger partial charge is 0.265 e. The van der Waals surface area contributed by atoms with Crippen LogP contribution in [-0.4, -0.2) is 53.6 Å². The second-order valence-corrected chi connectivity index (χ2v) is 5.10. The molecule has 0 fully saturated rings. The SMILES string of the molecule is COCCN(CCC(N)=NO)C(=O)c1cnc(C)s1. The molecule has 0 aliphatic carbocycles. The van der Waals surface area contributed by atoms with Crippen molar-refractivity contribution in [3.05, 3.63) is 16.1 Å². The molecule has 0 saturated carbocycles. The van der Waals surface area contributed by atoms with E-state index in [0.717, 1.165) is 5.01 Å². The number of methoxy groups -OCH3 is 1. The number of amidine groups is 1. The summed E-state index contributed by atoms with van der Waals surface area (Å²) in [4.78, 5) is 18.5. The van der Waals surface area contributed by atoms with Crippen molar-refractivity contribution in [2.24, 2.45) is 10.9 Å². The Morgan fingerprint density at radius 1 is 1.63 bits per heavy atom. The Hall–Kier alpha value is -1.67. The summed E-state index contributed by atoms with van der Waals surface area (Å²) < 4.78 is 4.98. The Balaban J connectivity index is 2.69. The van der Waals surface area contributed by atoms with Crippen molar-refractivity contribution in [2.45, 2.75) is 13.3 Å². The van der Waals surface area contributed by atoms with E-state index in [-0.39, 0.29) is 11.7 Å². The lowest BCUT2D eigenvalue weighted by molar-refractivity contribution is 0.0705. The van der Waals surface area contributed by atoms with Gasteiger partial charge in [-0.25, -0.2) is 4.98 Å². The highest BCUT2D eigenvalue weighted by atomic mass is 32.1. The minimum atomic E-state index is -0.117.